The van der Waals surface area contributed by atoms with Gasteiger partial charge >= 0.3 is 18.9 Å². The van der Waals surface area contributed by atoms with Crippen LogP contribution < -0.4 is 18.9 Å². The summed E-state index contributed by atoms with van der Waals surface area (Å²) in [6, 6.07) is 19.4. The van der Waals surface area contributed by atoms with Gasteiger partial charge in [-0.1, -0.05) is 48.5 Å². The largest absolute Gasteiger partial charge is 1.00 e. The molecule has 0 bridgehead atoms. The van der Waals surface area contributed by atoms with Crippen molar-refractivity contribution in [2.75, 3.05) is 0 Å². The van der Waals surface area contributed by atoms with Crippen LogP contribution in [-0.2, 0) is 0 Å². The van der Waals surface area contributed by atoms with Crippen LogP contribution in [0.15, 0.2) is 73.1 Å². The Balaban J connectivity index is 0.00000110. The van der Waals surface area contributed by atoms with Crippen LogP contribution in [-0.4, -0.2) is 10.1 Å². The number of rotatable bonds is 2. The van der Waals surface area contributed by atoms with E-state index in [1.165, 1.54) is 0 Å². The van der Waals surface area contributed by atoms with Crippen molar-refractivity contribution in [2.45, 2.75) is 0 Å². The van der Waals surface area contributed by atoms with E-state index in [1.54, 1.807) is 12.3 Å². The van der Waals surface area contributed by atoms with E-state index < -0.39 is 0 Å². The van der Waals surface area contributed by atoms with Crippen LogP contribution in [0, 0.1) is 0 Å². The predicted octanol–water partition coefficient (Wildman–Crippen LogP) is 1.24. The molecule has 0 radical (unpaired) electrons. The molecule has 2 nitrogen and oxygen atoms in total. The fourth-order valence-corrected chi connectivity index (χ4v) is 2.09. The zero-order chi connectivity index (χ0) is 13.1. The number of aromatic hydroxyl groups is 1. The summed E-state index contributed by atoms with van der Waals surface area (Å²) in [6.45, 7) is 0. The zero-order valence-electron chi connectivity index (χ0n) is 12.3. The number of para-hydroxylation sites is 1. The molecule has 0 saturated carbocycles. The molecule has 0 spiro atoms. The Morgan fingerprint density at radius 2 is 1.45 bits per heavy atom. The molecule has 0 fully saturated rings. The van der Waals surface area contributed by atoms with Gasteiger partial charge in [-0.15, -0.1) is 0 Å². The molecule has 3 aromatic rings. The van der Waals surface area contributed by atoms with E-state index in [0.717, 1.165) is 22.3 Å². The molecule has 1 aromatic heterocycles. The zero-order valence-corrected chi connectivity index (χ0v) is 11.3. The van der Waals surface area contributed by atoms with E-state index >= 15 is 0 Å². The summed E-state index contributed by atoms with van der Waals surface area (Å²) in [4.78, 5) is 4.12. The molecule has 0 aliphatic carbocycles. The Labute approximate surface area is 131 Å². The number of phenols is 1. The van der Waals surface area contributed by atoms with Crippen LogP contribution in [0.1, 0.15) is 1.43 Å². The van der Waals surface area contributed by atoms with E-state index in [9.17, 15) is 5.11 Å². The van der Waals surface area contributed by atoms with Gasteiger partial charge in [-0.2, -0.15) is 0 Å². The van der Waals surface area contributed by atoms with Crippen molar-refractivity contribution in [3.05, 3.63) is 73.1 Å². The van der Waals surface area contributed by atoms with Crippen molar-refractivity contribution >= 4 is 0 Å². The van der Waals surface area contributed by atoms with Gasteiger partial charge in [0.15, 0.2) is 0 Å². The fraction of sp³-hybridized carbons (Fsp3) is 0. The maximum Gasteiger partial charge on any atom is 1.00 e. The van der Waals surface area contributed by atoms with Crippen molar-refractivity contribution < 1.29 is 25.4 Å². The van der Waals surface area contributed by atoms with Gasteiger partial charge in [0.1, 0.15) is 5.75 Å². The molecule has 1 heterocycles. The summed E-state index contributed by atoms with van der Waals surface area (Å²) in [5, 5.41) is 9.84. The molecule has 1 N–H and O–H groups in total. The van der Waals surface area contributed by atoms with Gasteiger partial charge in [0.05, 0.1) is 0 Å². The standard InChI is InChI=1S/C17H13NO.Li.H/c19-17-6-2-1-5-16(17)14-9-7-13(8-10-14)15-4-3-11-18-12-15;;/h1-12,19H;;/q;+1;-1. The van der Waals surface area contributed by atoms with Crippen molar-refractivity contribution in [2.24, 2.45) is 0 Å². The number of nitrogens with zero attached hydrogens (tertiary/aromatic N) is 1. The predicted molar refractivity (Wildman–Crippen MR) is 77.9 cm³/mol. The molecule has 3 rings (SSSR count). The summed E-state index contributed by atoms with van der Waals surface area (Å²) >= 11 is 0. The summed E-state index contributed by atoms with van der Waals surface area (Å²) in [7, 11) is 0. The van der Waals surface area contributed by atoms with Gasteiger partial charge in [0, 0.05) is 18.0 Å². The van der Waals surface area contributed by atoms with Crippen LogP contribution in [0.4, 0.5) is 0 Å². The molecule has 0 aliphatic rings. The summed E-state index contributed by atoms with van der Waals surface area (Å²) in [5.74, 6) is 0.302. The summed E-state index contributed by atoms with van der Waals surface area (Å²) in [6.07, 6.45) is 3.61. The van der Waals surface area contributed by atoms with Crippen LogP contribution >= 0.6 is 0 Å². The van der Waals surface area contributed by atoms with Gasteiger partial charge < -0.3 is 6.53 Å². The Morgan fingerprint density at radius 3 is 2.10 bits per heavy atom. The summed E-state index contributed by atoms with van der Waals surface area (Å²) < 4.78 is 0. The van der Waals surface area contributed by atoms with E-state index in [4.69, 9.17) is 0 Å². The maximum absolute atomic E-state index is 9.84. The monoisotopic (exact) mass is 255 g/mol. The van der Waals surface area contributed by atoms with Crippen LogP contribution in [0.2, 0.25) is 0 Å². The number of pyridine rings is 1. The third kappa shape index (κ3) is 2.93. The van der Waals surface area contributed by atoms with E-state index in [1.807, 2.05) is 60.8 Å². The topological polar surface area (TPSA) is 33.1 Å². The number of phenolic OH excluding ortho intramolecular Hbond substituents is 1. The first-order valence-corrected chi connectivity index (χ1v) is 6.13. The second kappa shape index (κ2) is 6.43. The molecule has 20 heavy (non-hydrogen) atoms. The Kier molecular flexibility index (Phi) is 4.63. The normalized spacial score (nSPS) is 9.80. The van der Waals surface area contributed by atoms with Gasteiger partial charge in [-0.3, -0.25) is 4.98 Å². The van der Waals surface area contributed by atoms with E-state index in [0.29, 0.717) is 5.75 Å². The summed E-state index contributed by atoms with van der Waals surface area (Å²) in [5.41, 5.74) is 4.06. The number of hydrogen-bond donors (Lipinski definition) is 1. The van der Waals surface area contributed by atoms with E-state index in [-0.39, 0.29) is 20.3 Å². The second-order valence-electron chi connectivity index (χ2n) is 4.34. The Morgan fingerprint density at radius 1 is 0.750 bits per heavy atom. The first-order valence-electron chi connectivity index (χ1n) is 6.13. The van der Waals surface area contributed by atoms with Gasteiger partial charge in [0.25, 0.3) is 0 Å². The minimum atomic E-state index is 0. The molecule has 2 aromatic carbocycles. The minimum Gasteiger partial charge on any atom is -1.00 e. The van der Waals surface area contributed by atoms with Crippen molar-refractivity contribution in [1.29, 1.82) is 0 Å². The van der Waals surface area contributed by atoms with E-state index in [2.05, 4.69) is 4.98 Å². The van der Waals surface area contributed by atoms with Crippen LogP contribution in [0.25, 0.3) is 22.3 Å². The molecule has 0 amide bonds. The minimum absolute atomic E-state index is 0. The Hall–Kier alpha value is -2.01. The van der Waals surface area contributed by atoms with Crippen LogP contribution in [0.3, 0.4) is 0 Å². The molecule has 94 valence electrons. The molecular formula is C17H14LiNO. The number of benzene rings is 2. The number of aromatic nitrogens is 1. The average Bonchev–Trinajstić information content (AvgIpc) is 2.49. The average molecular weight is 255 g/mol. The molecule has 0 atom stereocenters. The first-order chi connectivity index (χ1) is 9.34. The molecular weight excluding hydrogens is 241 g/mol. The smallest absolute Gasteiger partial charge is 1.00 e. The quantitative estimate of drug-likeness (QED) is 0.699. The van der Waals surface area contributed by atoms with Crippen LogP contribution in [0.5, 0.6) is 5.75 Å². The SMILES string of the molecule is Oc1ccccc1-c1ccc(-c2cccnc2)cc1.[H-].[Li+]. The third-order valence-corrected chi connectivity index (χ3v) is 3.09. The van der Waals surface area contributed by atoms with Gasteiger partial charge in [0.2, 0.25) is 0 Å². The van der Waals surface area contributed by atoms with Crippen molar-refractivity contribution in [3.8, 4) is 28.0 Å². The third-order valence-electron chi connectivity index (χ3n) is 3.09. The maximum atomic E-state index is 9.84. The second-order valence-corrected chi connectivity index (χ2v) is 4.34. The molecule has 0 saturated heterocycles. The first kappa shape index (κ1) is 14.4. The van der Waals surface area contributed by atoms with Crippen molar-refractivity contribution in [1.82, 2.24) is 4.98 Å². The molecule has 0 unspecified atom stereocenters. The fourth-order valence-electron chi connectivity index (χ4n) is 2.09. The van der Waals surface area contributed by atoms with Crippen molar-refractivity contribution in [3.63, 3.8) is 0 Å². The van der Waals surface area contributed by atoms with Gasteiger partial charge in [-0.25, -0.2) is 0 Å². The molecule has 0 aliphatic heterocycles. The Bertz CT molecular complexity index is 687. The molecule has 3 heteroatoms. The van der Waals surface area contributed by atoms with Gasteiger partial charge in [-0.05, 0) is 28.8 Å². The number of hydrogen-bond acceptors (Lipinski definition) is 2.